The van der Waals surface area contributed by atoms with Crippen molar-refractivity contribution in [3.8, 4) is 0 Å². The van der Waals surface area contributed by atoms with Gasteiger partial charge in [-0.3, -0.25) is 4.55 Å². The van der Waals surface area contributed by atoms with Crippen LogP contribution in [0.2, 0.25) is 0 Å². The molecule has 1 N–H and O–H groups in total. The lowest BCUT2D eigenvalue weighted by Gasteiger charge is -2.17. The first-order valence-electron chi connectivity index (χ1n) is 11.3. The van der Waals surface area contributed by atoms with Crippen LogP contribution in [0.25, 0.3) is 0 Å². The molecule has 0 aliphatic carbocycles. The second kappa shape index (κ2) is 21.0. The molecule has 8 heteroatoms. The molecule has 1 unspecified atom stereocenters. The minimum absolute atomic E-state index is 0.276. The van der Waals surface area contributed by atoms with Crippen LogP contribution in [-0.4, -0.2) is 71.6 Å². The van der Waals surface area contributed by atoms with E-state index in [0.29, 0.717) is 45.6 Å². The van der Waals surface area contributed by atoms with Crippen molar-refractivity contribution in [2.75, 3.05) is 58.6 Å². The van der Waals surface area contributed by atoms with Gasteiger partial charge in [-0.2, -0.15) is 8.42 Å². The standard InChI is InChI=1S/C21H44O7S/c1-3-5-7-8-11-21(10-6-4-2)20-28-18-17-27-16-15-26-14-13-25-12-9-19-29(22,23)24/h21H,3-20H2,1-2H3,(H,22,23,24). The topological polar surface area (TPSA) is 91.3 Å². The van der Waals surface area contributed by atoms with Crippen molar-refractivity contribution in [3.63, 3.8) is 0 Å². The monoisotopic (exact) mass is 440 g/mol. The van der Waals surface area contributed by atoms with Gasteiger partial charge >= 0.3 is 0 Å². The Balaban J connectivity index is 3.42. The predicted octanol–water partition coefficient (Wildman–Crippen LogP) is 4.11. The highest BCUT2D eigenvalue weighted by Crippen LogP contribution is 2.17. The molecule has 0 aromatic rings. The van der Waals surface area contributed by atoms with Crippen LogP contribution >= 0.6 is 0 Å². The summed E-state index contributed by atoms with van der Waals surface area (Å²) in [6.45, 7) is 8.63. The zero-order valence-corrected chi connectivity index (χ0v) is 19.4. The number of ether oxygens (including phenoxy) is 4. The van der Waals surface area contributed by atoms with E-state index in [1.165, 1.54) is 51.4 Å². The normalized spacial score (nSPS) is 13.1. The molecule has 0 heterocycles. The Bertz CT molecular complexity index is 429. The van der Waals surface area contributed by atoms with E-state index in [4.69, 9.17) is 23.5 Å². The van der Waals surface area contributed by atoms with E-state index in [2.05, 4.69) is 13.8 Å². The number of unbranched alkanes of at least 4 members (excludes halogenated alkanes) is 4. The molecule has 1 atom stereocenters. The molecule has 0 bridgehead atoms. The molecule has 0 amide bonds. The maximum Gasteiger partial charge on any atom is 0.264 e. The largest absolute Gasteiger partial charge is 0.379 e. The third-order valence-corrected chi connectivity index (χ3v) is 5.40. The SMILES string of the molecule is CCCCCCC(CCCC)COCCOCCOCCOCCCS(=O)(=O)O. The molecule has 0 saturated carbocycles. The first-order chi connectivity index (χ1) is 14.0. The summed E-state index contributed by atoms with van der Waals surface area (Å²) in [5.41, 5.74) is 0. The van der Waals surface area contributed by atoms with Crippen molar-refractivity contribution in [2.24, 2.45) is 5.92 Å². The Morgan fingerprint density at radius 3 is 1.72 bits per heavy atom. The molecule has 0 radical (unpaired) electrons. The number of hydrogen-bond acceptors (Lipinski definition) is 6. The van der Waals surface area contributed by atoms with Gasteiger partial charge in [0.15, 0.2) is 0 Å². The quantitative estimate of drug-likeness (QED) is 0.189. The van der Waals surface area contributed by atoms with E-state index in [1.54, 1.807) is 0 Å². The molecule has 0 aromatic heterocycles. The summed E-state index contributed by atoms with van der Waals surface area (Å²) in [5, 5.41) is 0. The summed E-state index contributed by atoms with van der Waals surface area (Å²) in [6, 6.07) is 0. The van der Waals surface area contributed by atoms with Crippen molar-refractivity contribution >= 4 is 10.1 Å². The van der Waals surface area contributed by atoms with E-state index in [9.17, 15) is 8.42 Å². The van der Waals surface area contributed by atoms with E-state index < -0.39 is 10.1 Å². The minimum atomic E-state index is -3.89. The summed E-state index contributed by atoms with van der Waals surface area (Å²) >= 11 is 0. The van der Waals surface area contributed by atoms with Gasteiger partial charge in [-0.05, 0) is 25.2 Å². The van der Waals surface area contributed by atoms with Crippen LogP contribution in [0, 0.1) is 5.92 Å². The first-order valence-corrected chi connectivity index (χ1v) is 12.9. The lowest BCUT2D eigenvalue weighted by Crippen LogP contribution is -2.15. The van der Waals surface area contributed by atoms with Gasteiger partial charge in [-0.25, -0.2) is 0 Å². The second-order valence-corrected chi connectivity index (χ2v) is 8.98. The Hall–Kier alpha value is -0.250. The van der Waals surface area contributed by atoms with Crippen LogP contribution in [-0.2, 0) is 29.1 Å². The van der Waals surface area contributed by atoms with Crippen molar-refractivity contribution in [2.45, 2.75) is 71.6 Å². The summed E-state index contributed by atoms with van der Waals surface area (Å²) in [6.07, 6.45) is 10.6. The van der Waals surface area contributed by atoms with Gasteiger partial charge in [0.2, 0.25) is 0 Å². The molecule has 7 nitrogen and oxygen atoms in total. The third-order valence-electron chi connectivity index (χ3n) is 4.59. The summed E-state index contributed by atoms with van der Waals surface area (Å²) in [7, 11) is -3.89. The third kappa shape index (κ3) is 23.9. The van der Waals surface area contributed by atoms with Gasteiger partial charge in [0.1, 0.15) is 0 Å². The van der Waals surface area contributed by atoms with E-state index >= 15 is 0 Å². The summed E-state index contributed by atoms with van der Waals surface area (Å²) in [5.74, 6) is 0.398. The molecule has 0 spiro atoms. The van der Waals surface area contributed by atoms with Crippen LogP contribution < -0.4 is 0 Å². The Kier molecular flexibility index (Phi) is 20.8. The summed E-state index contributed by atoms with van der Waals surface area (Å²) < 4.78 is 51.5. The fourth-order valence-electron chi connectivity index (χ4n) is 2.92. The lowest BCUT2D eigenvalue weighted by atomic mass is 9.96. The highest BCUT2D eigenvalue weighted by atomic mass is 32.2. The zero-order valence-electron chi connectivity index (χ0n) is 18.6. The van der Waals surface area contributed by atoms with Crippen LogP contribution in [0.15, 0.2) is 0 Å². The molecule has 0 aliphatic rings. The molecule has 29 heavy (non-hydrogen) atoms. The molecule has 0 aromatic carbocycles. The van der Waals surface area contributed by atoms with E-state index in [0.717, 1.165) is 6.61 Å². The minimum Gasteiger partial charge on any atom is -0.379 e. The smallest absolute Gasteiger partial charge is 0.264 e. The Morgan fingerprint density at radius 2 is 1.17 bits per heavy atom. The molecule has 0 saturated heterocycles. The molecular weight excluding hydrogens is 396 g/mol. The van der Waals surface area contributed by atoms with Crippen molar-refractivity contribution in [3.05, 3.63) is 0 Å². The highest BCUT2D eigenvalue weighted by Gasteiger charge is 2.08. The van der Waals surface area contributed by atoms with E-state index in [1.807, 2.05) is 0 Å². The van der Waals surface area contributed by atoms with Gasteiger partial charge in [0.05, 0.1) is 45.4 Å². The van der Waals surface area contributed by atoms with Crippen molar-refractivity contribution in [1.29, 1.82) is 0 Å². The van der Waals surface area contributed by atoms with Gasteiger partial charge < -0.3 is 18.9 Å². The zero-order chi connectivity index (χ0) is 21.6. The molecule has 0 rings (SSSR count). The maximum atomic E-state index is 10.5. The van der Waals surface area contributed by atoms with Gasteiger partial charge in [-0.15, -0.1) is 0 Å². The fraction of sp³-hybridized carbons (Fsp3) is 1.00. The predicted molar refractivity (Wildman–Crippen MR) is 116 cm³/mol. The van der Waals surface area contributed by atoms with Gasteiger partial charge in [-0.1, -0.05) is 52.4 Å². The van der Waals surface area contributed by atoms with Crippen molar-refractivity contribution < 1.29 is 31.9 Å². The Labute approximate surface area is 178 Å². The number of rotatable bonds is 23. The lowest BCUT2D eigenvalue weighted by molar-refractivity contribution is -0.00676. The van der Waals surface area contributed by atoms with Crippen LogP contribution in [0.3, 0.4) is 0 Å². The number of hydrogen-bond donors (Lipinski definition) is 1. The molecule has 0 fully saturated rings. The second-order valence-electron chi connectivity index (χ2n) is 7.41. The fourth-order valence-corrected chi connectivity index (χ4v) is 3.40. The molecule has 0 aliphatic heterocycles. The summed E-state index contributed by atoms with van der Waals surface area (Å²) in [4.78, 5) is 0. The average molecular weight is 441 g/mol. The van der Waals surface area contributed by atoms with Crippen LogP contribution in [0.4, 0.5) is 0 Å². The molecular formula is C21H44O7S. The van der Waals surface area contributed by atoms with Crippen LogP contribution in [0.1, 0.15) is 71.6 Å². The first kappa shape index (κ1) is 28.8. The van der Waals surface area contributed by atoms with E-state index in [-0.39, 0.29) is 18.8 Å². The highest BCUT2D eigenvalue weighted by molar-refractivity contribution is 7.85. The molecule has 176 valence electrons. The maximum absolute atomic E-state index is 10.5. The van der Waals surface area contributed by atoms with Crippen molar-refractivity contribution in [1.82, 2.24) is 0 Å². The van der Waals surface area contributed by atoms with Gasteiger partial charge in [0, 0.05) is 13.2 Å². The average Bonchev–Trinajstić information content (AvgIpc) is 2.68. The Morgan fingerprint density at radius 1 is 0.655 bits per heavy atom. The van der Waals surface area contributed by atoms with Gasteiger partial charge in [0.25, 0.3) is 10.1 Å². The van der Waals surface area contributed by atoms with Crippen LogP contribution in [0.5, 0.6) is 0 Å².